The molecule has 0 radical (unpaired) electrons. The van der Waals surface area contributed by atoms with Crippen molar-refractivity contribution >= 4 is 5.91 Å². The molecule has 1 amide bonds. The average Bonchev–Trinajstić information content (AvgIpc) is 3.35. The number of aromatic nitrogens is 4. The molecule has 0 aliphatic carbocycles. The van der Waals surface area contributed by atoms with Gasteiger partial charge in [0.05, 0.1) is 12.2 Å². The zero-order valence-corrected chi connectivity index (χ0v) is 13.9. The van der Waals surface area contributed by atoms with Gasteiger partial charge in [-0.15, -0.1) is 0 Å². The Morgan fingerprint density at radius 3 is 2.72 bits per heavy atom. The molecule has 25 heavy (non-hydrogen) atoms. The number of nitrogens with zero attached hydrogens (tertiary/aromatic N) is 5. The zero-order valence-electron chi connectivity index (χ0n) is 13.9. The molecule has 1 saturated heterocycles. The first kappa shape index (κ1) is 15.6. The minimum absolute atomic E-state index is 0.00957. The van der Waals surface area contributed by atoms with Gasteiger partial charge < -0.3 is 14.0 Å². The predicted octanol–water partition coefficient (Wildman–Crippen LogP) is 1.98. The van der Waals surface area contributed by atoms with Crippen molar-refractivity contribution < 1.29 is 9.32 Å². The molecule has 2 aromatic heterocycles. The summed E-state index contributed by atoms with van der Waals surface area (Å²) in [7, 11) is 0. The van der Waals surface area contributed by atoms with E-state index in [0.29, 0.717) is 24.8 Å². The Morgan fingerprint density at radius 1 is 1.24 bits per heavy atom. The molecule has 0 saturated carbocycles. The van der Waals surface area contributed by atoms with E-state index in [0.717, 1.165) is 0 Å². The Hall–Kier alpha value is -2.96. The van der Waals surface area contributed by atoms with Gasteiger partial charge in [-0.3, -0.25) is 4.79 Å². The van der Waals surface area contributed by atoms with Gasteiger partial charge >= 0.3 is 0 Å². The molecule has 0 bridgehead atoms. The Labute approximate surface area is 145 Å². The van der Waals surface area contributed by atoms with Gasteiger partial charge in [-0.25, -0.2) is 4.98 Å². The van der Waals surface area contributed by atoms with Crippen molar-refractivity contribution in [1.82, 2.24) is 24.6 Å². The van der Waals surface area contributed by atoms with Gasteiger partial charge in [0.1, 0.15) is 6.54 Å². The van der Waals surface area contributed by atoms with Gasteiger partial charge in [-0.05, 0) is 12.5 Å². The fourth-order valence-electron chi connectivity index (χ4n) is 3.40. The summed E-state index contributed by atoms with van der Waals surface area (Å²) in [5, 5.41) is 3.92. The van der Waals surface area contributed by atoms with Gasteiger partial charge in [0.15, 0.2) is 5.82 Å². The van der Waals surface area contributed by atoms with Crippen LogP contribution in [-0.4, -0.2) is 43.6 Å². The molecule has 1 aliphatic heterocycles. The molecule has 0 unspecified atom stereocenters. The molecule has 1 aliphatic rings. The number of likely N-dealkylation sites (tertiary alicyclic amines) is 1. The third-order valence-electron chi connectivity index (χ3n) is 4.64. The second kappa shape index (κ2) is 6.51. The van der Waals surface area contributed by atoms with E-state index in [1.165, 1.54) is 5.56 Å². The number of imidazole rings is 1. The lowest BCUT2D eigenvalue weighted by Gasteiger charge is -2.16. The summed E-state index contributed by atoms with van der Waals surface area (Å²) in [6.45, 7) is 3.32. The normalized spacial score (nSPS) is 20.1. The molecular weight excluding hydrogens is 318 g/mol. The van der Waals surface area contributed by atoms with E-state index in [9.17, 15) is 4.79 Å². The SMILES string of the molecule is Cc1noc([C@H]2CN(C(=O)Cn3ccnc3)C[C@H]2c2ccccc2)n1. The summed E-state index contributed by atoms with van der Waals surface area (Å²) < 4.78 is 7.20. The minimum atomic E-state index is 0.00957. The van der Waals surface area contributed by atoms with Crippen LogP contribution >= 0.6 is 0 Å². The van der Waals surface area contributed by atoms with Crippen LogP contribution in [0.1, 0.15) is 29.1 Å². The summed E-state index contributed by atoms with van der Waals surface area (Å²) in [5.74, 6) is 1.44. The number of hydrogen-bond donors (Lipinski definition) is 0. The highest BCUT2D eigenvalue weighted by Crippen LogP contribution is 2.39. The van der Waals surface area contributed by atoms with E-state index in [1.807, 2.05) is 23.1 Å². The van der Waals surface area contributed by atoms with Gasteiger partial charge in [0.25, 0.3) is 0 Å². The minimum Gasteiger partial charge on any atom is -0.340 e. The lowest BCUT2D eigenvalue weighted by Crippen LogP contribution is -2.31. The number of carbonyl (C=O) groups is 1. The lowest BCUT2D eigenvalue weighted by atomic mass is 9.89. The molecule has 128 valence electrons. The molecule has 3 aromatic rings. The Balaban J connectivity index is 1.59. The van der Waals surface area contributed by atoms with E-state index in [2.05, 4.69) is 27.3 Å². The van der Waals surface area contributed by atoms with Crippen LogP contribution in [-0.2, 0) is 11.3 Å². The third kappa shape index (κ3) is 3.17. The summed E-state index contributed by atoms with van der Waals surface area (Å²) in [4.78, 5) is 23.0. The van der Waals surface area contributed by atoms with Crippen LogP contribution in [0.4, 0.5) is 0 Å². The number of hydrogen-bond acceptors (Lipinski definition) is 5. The van der Waals surface area contributed by atoms with E-state index in [-0.39, 0.29) is 24.3 Å². The smallest absolute Gasteiger partial charge is 0.242 e. The molecule has 1 fully saturated rings. The maximum Gasteiger partial charge on any atom is 0.242 e. The maximum atomic E-state index is 12.7. The monoisotopic (exact) mass is 337 g/mol. The van der Waals surface area contributed by atoms with Crippen molar-refractivity contribution in [3.05, 3.63) is 66.3 Å². The number of carbonyl (C=O) groups excluding carboxylic acids is 1. The standard InChI is InChI=1S/C18H19N5O2/c1-13-20-18(25-21-13)16-10-23(17(24)11-22-8-7-19-12-22)9-15(16)14-5-3-2-4-6-14/h2-8,12,15-16H,9-11H2,1H3/t15-,16-/m0/s1. The van der Waals surface area contributed by atoms with Crippen LogP contribution < -0.4 is 0 Å². The van der Waals surface area contributed by atoms with E-state index < -0.39 is 0 Å². The van der Waals surface area contributed by atoms with Crippen molar-refractivity contribution in [2.45, 2.75) is 25.3 Å². The molecule has 7 heteroatoms. The zero-order chi connectivity index (χ0) is 17.2. The first-order valence-electron chi connectivity index (χ1n) is 8.29. The van der Waals surface area contributed by atoms with Crippen molar-refractivity contribution in [1.29, 1.82) is 0 Å². The fraction of sp³-hybridized carbons (Fsp3) is 0.333. The maximum absolute atomic E-state index is 12.7. The van der Waals surface area contributed by atoms with Crippen molar-refractivity contribution in [2.75, 3.05) is 13.1 Å². The van der Waals surface area contributed by atoms with E-state index in [1.54, 1.807) is 30.2 Å². The highest BCUT2D eigenvalue weighted by atomic mass is 16.5. The summed E-state index contributed by atoms with van der Waals surface area (Å²) >= 11 is 0. The van der Waals surface area contributed by atoms with E-state index in [4.69, 9.17) is 4.52 Å². The number of aryl methyl sites for hydroxylation is 1. The van der Waals surface area contributed by atoms with Crippen LogP contribution in [0.2, 0.25) is 0 Å². The van der Waals surface area contributed by atoms with Gasteiger partial charge in [0.2, 0.25) is 11.8 Å². The molecule has 0 spiro atoms. The molecule has 1 aromatic carbocycles. The van der Waals surface area contributed by atoms with Gasteiger partial charge in [-0.2, -0.15) is 4.98 Å². The van der Waals surface area contributed by atoms with Crippen molar-refractivity contribution in [2.24, 2.45) is 0 Å². The summed E-state index contributed by atoms with van der Waals surface area (Å²) in [6.07, 6.45) is 5.12. The number of benzene rings is 1. The van der Waals surface area contributed by atoms with Crippen LogP contribution in [0.3, 0.4) is 0 Å². The largest absolute Gasteiger partial charge is 0.340 e. The second-order valence-corrected chi connectivity index (χ2v) is 6.34. The Kier molecular flexibility index (Phi) is 4.05. The molecule has 0 N–H and O–H groups in total. The third-order valence-corrected chi connectivity index (χ3v) is 4.64. The van der Waals surface area contributed by atoms with Gasteiger partial charge in [0, 0.05) is 31.4 Å². The van der Waals surface area contributed by atoms with Crippen LogP contribution in [0.5, 0.6) is 0 Å². The second-order valence-electron chi connectivity index (χ2n) is 6.34. The summed E-state index contributed by atoms with van der Waals surface area (Å²) in [6, 6.07) is 10.2. The van der Waals surface area contributed by atoms with Crippen LogP contribution in [0.25, 0.3) is 0 Å². The topological polar surface area (TPSA) is 77.0 Å². The highest BCUT2D eigenvalue weighted by molar-refractivity contribution is 5.76. The molecule has 4 rings (SSSR count). The Bertz CT molecular complexity index is 844. The fourth-order valence-corrected chi connectivity index (χ4v) is 3.40. The van der Waals surface area contributed by atoms with Crippen LogP contribution in [0, 0.1) is 6.92 Å². The molecular formula is C18H19N5O2. The van der Waals surface area contributed by atoms with E-state index >= 15 is 0 Å². The summed E-state index contributed by atoms with van der Waals surface area (Å²) in [5.41, 5.74) is 1.18. The van der Waals surface area contributed by atoms with Gasteiger partial charge in [-0.1, -0.05) is 35.5 Å². The molecule has 3 heterocycles. The first-order chi connectivity index (χ1) is 12.2. The van der Waals surface area contributed by atoms with Crippen molar-refractivity contribution in [3.63, 3.8) is 0 Å². The van der Waals surface area contributed by atoms with Crippen LogP contribution in [0.15, 0.2) is 53.6 Å². The molecule has 2 atom stereocenters. The highest BCUT2D eigenvalue weighted by Gasteiger charge is 2.40. The number of rotatable bonds is 4. The Morgan fingerprint density at radius 2 is 2.04 bits per heavy atom. The van der Waals surface area contributed by atoms with Crippen molar-refractivity contribution in [3.8, 4) is 0 Å². The lowest BCUT2D eigenvalue weighted by molar-refractivity contribution is -0.130. The number of amides is 1. The average molecular weight is 337 g/mol. The predicted molar refractivity (Wildman–Crippen MR) is 89.8 cm³/mol. The quantitative estimate of drug-likeness (QED) is 0.727. The first-order valence-corrected chi connectivity index (χ1v) is 8.29. The molecule has 7 nitrogen and oxygen atoms in total.